The summed E-state index contributed by atoms with van der Waals surface area (Å²) in [6.07, 6.45) is 5.13. The topological polar surface area (TPSA) is 55.5 Å². The molecule has 0 amide bonds. The van der Waals surface area contributed by atoms with Crippen LogP contribution in [-0.2, 0) is 0 Å². The van der Waals surface area contributed by atoms with Crippen LogP contribution in [0.4, 0.5) is 0 Å². The van der Waals surface area contributed by atoms with Gasteiger partial charge in [0.1, 0.15) is 12.4 Å². The first-order valence-corrected chi connectivity index (χ1v) is 6.80. The minimum atomic E-state index is -0.627. The minimum absolute atomic E-state index is 0.0431. The van der Waals surface area contributed by atoms with Crippen LogP contribution in [0, 0.1) is 0 Å². The third-order valence-corrected chi connectivity index (χ3v) is 3.70. The molecule has 3 N–H and O–H groups in total. The third kappa shape index (κ3) is 3.47. The highest BCUT2D eigenvalue weighted by Crippen LogP contribution is 2.29. The van der Waals surface area contributed by atoms with Gasteiger partial charge in [-0.3, -0.25) is 0 Å². The maximum atomic E-state index is 10.3. The van der Waals surface area contributed by atoms with Gasteiger partial charge in [0.15, 0.2) is 0 Å². The zero-order chi connectivity index (χ0) is 13.0. The molecule has 1 aromatic rings. The summed E-state index contributed by atoms with van der Waals surface area (Å²) in [4.78, 5) is 0. The van der Waals surface area contributed by atoms with Crippen LogP contribution in [0.2, 0.25) is 0 Å². The van der Waals surface area contributed by atoms with Gasteiger partial charge >= 0.3 is 0 Å². The van der Waals surface area contributed by atoms with Crippen LogP contribution < -0.4 is 10.5 Å². The fourth-order valence-electron chi connectivity index (χ4n) is 2.44. The molecule has 2 rings (SSSR count). The van der Waals surface area contributed by atoms with Crippen molar-refractivity contribution >= 4 is 0 Å². The van der Waals surface area contributed by atoms with E-state index in [9.17, 15) is 5.11 Å². The maximum Gasteiger partial charge on any atom is 0.119 e. The summed E-state index contributed by atoms with van der Waals surface area (Å²) in [5.74, 6) is 0.804. The Morgan fingerprint density at radius 2 is 1.83 bits per heavy atom. The van der Waals surface area contributed by atoms with E-state index in [1.54, 1.807) is 0 Å². The lowest BCUT2D eigenvalue weighted by atomic mass is 9.85. The number of ether oxygens (including phenoxy) is 1. The molecule has 1 atom stereocenters. The van der Waals surface area contributed by atoms with Gasteiger partial charge in [0.25, 0.3) is 0 Å². The Labute approximate surface area is 109 Å². The molecule has 1 saturated carbocycles. The van der Waals surface area contributed by atoms with Gasteiger partial charge in [-0.2, -0.15) is 0 Å². The number of benzene rings is 1. The summed E-state index contributed by atoms with van der Waals surface area (Å²) >= 11 is 0. The van der Waals surface area contributed by atoms with E-state index in [2.05, 4.69) is 0 Å². The van der Waals surface area contributed by atoms with Crippen molar-refractivity contribution in [2.45, 2.75) is 50.7 Å². The van der Waals surface area contributed by atoms with Crippen LogP contribution in [-0.4, -0.2) is 17.3 Å². The van der Waals surface area contributed by atoms with E-state index >= 15 is 0 Å². The highest BCUT2D eigenvalue weighted by Gasteiger charge is 2.29. The summed E-state index contributed by atoms with van der Waals surface area (Å²) < 4.78 is 5.69. The van der Waals surface area contributed by atoms with Gasteiger partial charge < -0.3 is 15.6 Å². The zero-order valence-corrected chi connectivity index (χ0v) is 11.1. The Morgan fingerprint density at radius 3 is 2.39 bits per heavy atom. The third-order valence-electron chi connectivity index (χ3n) is 3.70. The highest BCUT2D eigenvalue weighted by atomic mass is 16.5. The molecule has 3 heteroatoms. The van der Waals surface area contributed by atoms with Gasteiger partial charge in [0, 0.05) is 6.04 Å². The van der Waals surface area contributed by atoms with Crippen LogP contribution >= 0.6 is 0 Å². The van der Waals surface area contributed by atoms with E-state index in [1.807, 2.05) is 31.2 Å². The average Bonchev–Trinajstić information content (AvgIpc) is 2.38. The molecule has 0 aromatic heterocycles. The molecule has 0 aliphatic heterocycles. The summed E-state index contributed by atoms with van der Waals surface area (Å²) in [6, 6.07) is 7.84. The molecular weight excluding hydrogens is 226 g/mol. The molecule has 18 heavy (non-hydrogen) atoms. The van der Waals surface area contributed by atoms with E-state index in [0.717, 1.165) is 37.0 Å². The Morgan fingerprint density at radius 1 is 1.22 bits per heavy atom. The zero-order valence-electron chi connectivity index (χ0n) is 11.1. The number of hydrogen-bond donors (Lipinski definition) is 2. The van der Waals surface area contributed by atoms with Gasteiger partial charge in [0.05, 0.1) is 5.60 Å². The van der Waals surface area contributed by atoms with Crippen molar-refractivity contribution in [2.75, 3.05) is 6.61 Å². The Kier molecular flexibility index (Phi) is 4.25. The molecule has 0 unspecified atom stereocenters. The van der Waals surface area contributed by atoms with Crippen LogP contribution in [0.15, 0.2) is 24.3 Å². The van der Waals surface area contributed by atoms with Crippen molar-refractivity contribution < 1.29 is 9.84 Å². The molecule has 0 heterocycles. The smallest absolute Gasteiger partial charge is 0.119 e. The van der Waals surface area contributed by atoms with Gasteiger partial charge in [-0.05, 0) is 37.5 Å². The summed E-state index contributed by atoms with van der Waals surface area (Å²) in [6.45, 7) is 2.35. The fraction of sp³-hybridized carbons (Fsp3) is 0.600. The lowest BCUT2D eigenvalue weighted by Gasteiger charge is -2.31. The lowest BCUT2D eigenvalue weighted by Crippen LogP contribution is -2.37. The standard InChI is InChI=1S/C15H23NO2/c1-12(16)13-5-7-14(8-6-13)18-11-15(17)9-3-2-4-10-15/h5-8,12,17H,2-4,9-11,16H2,1H3/t12-/m0/s1. The van der Waals surface area contributed by atoms with E-state index in [0.29, 0.717) is 6.61 Å². The van der Waals surface area contributed by atoms with Gasteiger partial charge in [-0.1, -0.05) is 31.4 Å². The largest absolute Gasteiger partial charge is 0.491 e. The molecule has 0 saturated heterocycles. The van der Waals surface area contributed by atoms with Crippen LogP contribution in [0.25, 0.3) is 0 Å². The molecule has 1 aliphatic rings. The van der Waals surface area contributed by atoms with E-state index < -0.39 is 5.60 Å². The summed E-state index contributed by atoms with van der Waals surface area (Å²) in [5, 5.41) is 10.3. The molecule has 0 spiro atoms. The van der Waals surface area contributed by atoms with Crippen LogP contribution in [0.1, 0.15) is 50.6 Å². The van der Waals surface area contributed by atoms with Crippen molar-refractivity contribution in [3.8, 4) is 5.75 Å². The Bertz CT molecular complexity index is 367. The average molecular weight is 249 g/mol. The van der Waals surface area contributed by atoms with Gasteiger partial charge in [-0.25, -0.2) is 0 Å². The van der Waals surface area contributed by atoms with Crippen molar-refractivity contribution in [3.63, 3.8) is 0 Å². The monoisotopic (exact) mass is 249 g/mol. The summed E-state index contributed by atoms with van der Waals surface area (Å²) in [5.41, 5.74) is 6.26. The van der Waals surface area contributed by atoms with Gasteiger partial charge in [-0.15, -0.1) is 0 Å². The second kappa shape index (κ2) is 5.72. The number of hydrogen-bond acceptors (Lipinski definition) is 3. The predicted molar refractivity (Wildman–Crippen MR) is 72.6 cm³/mol. The molecule has 1 fully saturated rings. The van der Waals surface area contributed by atoms with Crippen molar-refractivity contribution in [3.05, 3.63) is 29.8 Å². The summed E-state index contributed by atoms with van der Waals surface area (Å²) in [7, 11) is 0. The van der Waals surface area contributed by atoms with Crippen molar-refractivity contribution in [1.82, 2.24) is 0 Å². The van der Waals surface area contributed by atoms with Crippen molar-refractivity contribution in [2.24, 2.45) is 5.73 Å². The number of rotatable bonds is 4. The predicted octanol–water partition coefficient (Wildman–Crippen LogP) is 2.78. The van der Waals surface area contributed by atoms with Crippen LogP contribution in [0.3, 0.4) is 0 Å². The first-order chi connectivity index (χ1) is 8.59. The second-order valence-corrected chi connectivity index (χ2v) is 5.43. The molecule has 1 aliphatic carbocycles. The quantitative estimate of drug-likeness (QED) is 0.862. The molecule has 100 valence electrons. The van der Waals surface area contributed by atoms with E-state index in [4.69, 9.17) is 10.5 Å². The first kappa shape index (κ1) is 13.4. The number of aliphatic hydroxyl groups is 1. The van der Waals surface area contributed by atoms with Crippen molar-refractivity contribution in [1.29, 1.82) is 0 Å². The molecule has 3 nitrogen and oxygen atoms in total. The fourth-order valence-corrected chi connectivity index (χ4v) is 2.44. The van der Waals surface area contributed by atoms with E-state index in [-0.39, 0.29) is 6.04 Å². The number of nitrogens with two attached hydrogens (primary N) is 1. The lowest BCUT2D eigenvalue weighted by molar-refractivity contribution is -0.0339. The molecular formula is C15H23NO2. The Balaban J connectivity index is 1.89. The SMILES string of the molecule is C[C@H](N)c1ccc(OCC2(O)CCCCC2)cc1. The Hall–Kier alpha value is -1.06. The minimum Gasteiger partial charge on any atom is -0.491 e. The van der Waals surface area contributed by atoms with E-state index in [1.165, 1.54) is 6.42 Å². The molecule has 0 radical (unpaired) electrons. The van der Waals surface area contributed by atoms with Crippen LogP contribution in [0.5, 0.6) is 5.75 Å². The maximum absolute atomic E-state index is 10.3. The van der Waals surface area contributed by atoms with Gasteiger partial charge in [0.2, 0.25) is 0 Å². The first-order valence-electron chi connectivity index (χ1n) is 6.80. The second-order valence-electron chi connectivity index (χ2n) is 5.43. The highest BCUT2D eigenvalue weighted by molar-refractivity contribution is 5.28. The molecule has 0 bridgehead atoms. The molecule has 1 aromatic carbocycles. The normalized spacial score (nSPS) is 20.4.